The number of hydrogen-bond donors (Lipinski definition) is 6. The summed E-state index contributed by atoms with van der Waals surface area (Å²) in [5.41, 5.74) is 10.3. The van der Waals surface area contributed by atoms with Crippen LogP contribution in [0, 0.1) is 0 Å². The number of likely N-dealkylation sites (tertiary alicyclic amines) is 1. The smallest absolute Gasteiger partial charge is 0.326 e. The summed E-state index contributed by atoms with van der Waals surface area (Å²) in [7, 11) is 0. The van der Waals surface area contributed by atoms with Crippen LogP contribution in [0.4, 0.5) is 0 Å². The molecule has 0 radical (unpaired) electrons. The zero-order valence-electron chi connectivity index (χ0n) is 14.0. The van der Waals surface area contributed by atoms with Crippen LogP contribution in [0.3, 0.4) is 0 Å². The first-order chi connectivity index (χ1) is 12.2. The fraction of sp³-hybridized carbons (Fsp3) is 0.643. The minimum Gasteiger partial charge on any atom is -0.480 e. The molecule has 1 aliphatic heterocycles. The first kappa shape index (κ1) is 21.3. The van der Waals surface area contributed by atoms with Gasteiger partial charge in [-0.3, -0.25) is 19.2 Å². The molecule has 0 aliphatic carbocycles. The van der Waals surface area contributed by atoms with Gasteiger partial charge in [-0.2, -0.15) is 0 Å². The second kappa shape index (κ2) is 9.68. The topological polar surface area (TPSA) is 205 Å². The van der Waals surface area contributed by atoms with Crippen LogP contribution in [0.2, 0.25) is 0 Å². The number of carboxylic acids is 1. The Labute approximate surface area is 148 Å². The van der Waals surface area contributed by atoms with Crippen LogP contribution in [0.5, 0.6) is 0 Å². The maximum absolute atomic E-state index is 12.3. The van der Waals surface area contributed by atoms with E-state index in [0.29, 0.717) is 12.8 Å². The second-order valence-electron chi connectivity index (χ2n) is 5.82. The summed E-state index contributed by atoms with van der Waals surface area (Å²) in [5.74, 6) is -4.29. The Morgan fingerprint density at radius 2 is 1.88 bits per heavy atom. The van der Waals surface area contributed by atoms with Crippen molar-refractivity contribution in [3.8, 4) is 0 Å². The third-order valence-corrected chi connectivity index (χ3v) is 3.84. The monoisotopic (exact) mass is 373 g/mol. The number of carboxylic acid groups (broad SMARTS) is 1. The van der Waals surface area contributed by atoms with E-state index in [-0.39, 0.29) is 6.54 Å². The number of nitrogens with two attached hydrogens (primary N) is 2. The van der Waals surface area contributed by atoms with Crippen molar-refractivity contribution >= 4 is 29.6 Å². The molecule has 146 valence electrons. The van der Waals surface area contributed by atoms with Crippen molar-refractivity contribution in [1.29, 1.82) is 0 Å². The average Bonchev–Trinajstić information content (AvgIpc) is 3.07. The number of aliphatic carboxylic acids is 1. The summed E-state index contributed by atoms with van der Waals surface area (Å²) < 4.78 is 0. The number of hydrogen-bond acceptors (Lipinski definition) is 7. The molecule has 3 unspecified atom stereocenters. The predicted octanol–water partition coefficient (Wildman–Crippen LogP) is -4.14. The first-order valence-corrected chi connectivity index (χ1v) is 7.92. The standard InChI is InChI=1S/C14H23N5O7/c15-7(6-20)12(23)17-5-11(22)19-3-1-2-9(19)13(24)18-8(14(25)26)4-10(16)21/h7-9,20H,1-6,15H2,(H2,16,21)(H,17,23)(H,18,24)(H,25,26). The highest BCUT2D eigenvalue weighted by atomic mass is 16.4. The van der Waals surface area contributed by atoms with Crippen LogP contribution < -0.4 is 22.1 Å². The number of aliphatic hydroxyl groups excluding tert-OH is 1. The summed E-state index contributed by atoms with van der Waals surface area (Å²) in [6.45, 7) is -0.739. The summed E-state index contributed by atoms with van der Waals surface area (Å²) in [6.07, 6.45) is 0.253. The van der Waals surface area contributed by atoms with E-state index < -0.39 is 67.3 Å². The van der Waals surface area contributed by atoms with Crippen molar-refractivity contribution in [2.45, 2.75) is 37.4 Å². The van der Waals surface area contributed by atoms with Gasteiger partial charge in [-0.25, -0.2) is 4.79 Å². The Morgan fingerprint density at radius 3 is 2.42 bits per heavy atom. The van der Waals surface area contributed by atoms with E-state index in [2.05, 4.69) is 10.6 Å². The molecule has 0 aromatic carbocycles. The van der Waals surface area contributed by atoms with E-state index in [1.165, 1.54) is 4.90 Å². The highest BCUT2D eigenvalue weighted by molar-refractivity contribution is 5.94. The molecule has 1 aliphatic rings. The average molecular weight is 373 g/mol. The fourth-order valence-electron chi connectivity index (χ4n) is 2.49. The highest BCUT2D eigenvalue weighted by Crippen LogP contribution is 2.17. The summed E-state index contributed by atoms with van der Waals surface area (Å²) in [4.78, 5) is 59.2. The molecule has 3 atom stereocenters. The number of nitrogens with zero attached hydrogens (tertiary/aromatic N) is 1. The van der Waals surface area contributed by atoms with Crippen molar-refractivity contribution in [2.24, 2.45) is 11.5 Å². The zero-order valence-corrected chi connectivity index (χ0v) is 14.0. The van der Waals surface area contributed by atoms with Crippen molar-refractivity contribution in [1.82, 2.24) is 15.5 Å². The number of carbonyl (C=O) groups excluding carboxylic acids is 4. The Hall–Kier alpha value is -2.73. The van der Waals surface area contributed by atoms with Gasteiger partial charge in [-0.05, 0) is 12.8 Å². The van der Waals surface area contributed by atoms with Crippen LogP contribution in [-0.2, 0) is 24.0 Å². The largest absolute Gasteiger partial charge is 0.480 e. The van der Waals surface area contributed by atoms with Crippen LogP contribution in [0.25, 0.3) is 0 Å². The molecule has 8 N–H and O–H groups in total. The second-order valence-corrected chi connectivity index (χ2v) is 5.82. The molecular weight excluding hydrogens is 350 g/mol. The lowest BCUT2D eigenvalue weighted by molar-refractivity contribution is -0.145. The summed E-state index contributed by atoms with van der Waals surface area (Å²) in [5, 5.41) is 22.2. The van der Waals surface area contributed by atoms with Crippen LogP contribution >= 0.6 is 0 Å². The van der Waals surface area contributed by atoms with Crippen LogP contribution in [0.1, 0.15) is 19.3 Å². The van der Waals surface area contributed by atoms with Gasteiger partial charge in [0.15, 0.2) is 0 Å². The van der Waals surface area contributed by atoms with Crippen molar-refractivity contribution in [3.05, 3.63) is 0 Å². The molecule has 4 amide bonds. The third-order valence-electron chi connectivity index (χ3n) is 3.84. The number of amides is 4. The normalized spacial score (nSPS) is 18.7. The van der Waals surface area contributed by atoms with Gasteiger partial charge in [0.25, 0.3) is 0 Å². The van der Waals surface area contributed by atoms with Gasteiger partial charge < -0.3 is 37.2 Å². The van der Waals surface area contributed by atoms with Gasteiger partial charge in [0, 0.05) is 6.54 Å². The van der Waals surface area contributed by atoms with E-state index >= 15 is 0 Å². The van der Waals surface area contributed by atoms with E-state index in [0.717, 1.165) is 0 Å². The Morgan fingerprint density at radius 1 is 1.23 bits per heavy atom. The lowest BCUT2D eigenvalue weighted by atomic mass is 10.1. The Balaban J connectivity index is 2.66. The summed E-state index contributed by atoms with van der Waals surface area (Å²) >= 11 is 0. The fourth-order valence-corrected chi connectivity index (χ4v) is 2.49. The molecule has 0 aromatic rings. The van der Waals surface area contributed by atoms with Gasteiger partial charge >= 0.3 is 5.97 Å². The van der Waals surface area contributed by atoms with E-state index in [1.54, 1.807) is 0 Å². The van der Waals surface area contributed by atoms with E-state index in [9.17, 15) is 24.0 Å². The molecule has 26 heavy (non-hydrogen) atoms. The lowest BCUT2D eigenvalue weighted by Gasteiger charge is -2.25. The van der Waals surface area contributed by atoms with Gasteiger partial charge in [0.2, 0.25) is 23.6 Å². The molecule has 0 aromatic heterocycles. The molecular formula is C14H23N5O7. The van der Waals surface area contributed by atoms with E-state index in [4.69, 9.17) is 21.7 Å². The van der Waals surface area contributed by atoms with Crippen molar-refractivity contribution in [2.75, 3.05) is 19.7 Å². The highest BCUT2D eigenvalue weighted by Gasteiger charge is 2.36. The SMILES string of the molecule is NC(=O)CC(NC(=O)C1CCCN1C(=O)CNC(=O)C(N)CO)C(=O)O. The molecule has 1 saturated heterocycles. The number of aliphatic hydroxyl groups is 1. The Kier molecular flexibility index (Phi) is 7.93. The molecule has 0 saturated carbocycles. The van der Waals surface area contributed by atoms with Gasteiger partial charge in [-0.15, -0.1) is 0 Å². The quantitative estimate of drug-likeness (QED) is 0.233. The molecule has 0 bridgehead atoms. The maximum Gasteiger partial charge on any atom is 0.326 e. The van der Waals surface area contributed by atoms with Crippen molar-refractivity contribution in [3.63, 3.8) is 0 Å². The number of nitrogens with one attached hydrogen (secondary N) is 2. The molecule has 1 fully saturated rings. The Bertz CT molecular complexity index is 582. The maximum atomic E-state index is 12.3. The number of primary amides is 1. The lowest BCUT2D eigenvalue weighted by Crippen LogP contribution is -2.53. The first-order valence-electron chi connectivity index (χ1n) is 7.92. The number of carbonyl (C=O) groups is 5. The minimum atomic E-state index is -1.49. The summed E-state index contributed by atoms with van der Waals surface area (Å²) in [6, 6.07) is -3.56. The van der Waals surface area contributed by atoms with Crippen LogP contribution in [0.15, 0.2) is 0 Å². The zero-order chi connectivity index (χ0) is 19.9. The van der Waals surface area contributed by atoms with Gasteiger partial charge in [-0.1, -0.05) is 0 Å². The van der Waals surface area contributed by atoms with Gasteiger partial charge in [0.05, 0.1) is 19.6 Å². The molecule has 1 heterocycles. The number of rotatable bonds is 9. The third kappa shape index (κ3) is 5.97. The molecule has 12 heteroatoms. The molecule has 12 nitrogen and oxygen atoms in total. The van der Waals surface area contributed by atoms with Gasteiger partial charge in [0.1, 0.15) is 18.1 Å². The van der Waals surface area contributed by atoms with Crippen molar-refractivity contribution < 1.29 is 34.2 Å². The predicted molar refractivity (Wildman–Crippen MR) is 86.2 cm³/mol. The van der Waals surface area contributed by atoms with E-state index in [1.807, 2.05) is 0 Å². The molecule has 0 spiro atoms. The molecule has 1 rings (SSSR count). The van der Waals surface area contributed by atoms with Crippen LogP contribution in [-0.4, -0.2) is 82.5 Å². The minimum absolute atomic E-state index is 0.256.